The second-order valence-corrected chi connectivity index (χ2v) is 5.75. The Balaban J connectivity index is 2.42. The van der Waals surface area contributed by atoms with Gasteiger partial charge in [0.2, 0.25) is 0 Å². The average molecular weight is 256 g/mol. The fourth-order valence-corrected chi connectivity index (χ4v) is 2.13. The maximum Gasteiger partial charge on any atom is 0.317 e. The minimum absolute atomic E-state index is 0.151. The van der Waals surface area contributed by atoms with Gasteiger partial charge in [-0.05, 0) is 26.7 Å². The Hall–Kier alpha value is -1.26. The minimum Gasteiger partial charge on any atom is -0.481 e. The first kappa shape index (κ1) is 14.8. The zero-order valence-corrected chi connectivity index (χ0v) is 11.5. The Bertz CT molecular complexity index is 309. The number of carbonyl (C=O) groups is 2. The molecule has 1 fully saturated rings. The first-order valence-electron chi connectivity index (χ1n) is 6.58. The van der Waals surface area contributed by atoms with Crippen LogP contribution >= 0.6 is 0 Å². The summed E-state index contributed by atoms with van der Waals surface area (Å²) >= 11 is 0. The van der Waals surface area contributed by atoms with Gasteiger partial charge in [-0.15, -0.1) is 0 Å². The van der Waals surface area contributed by atoms with Crippen molar-refractivity contribution in [1.29, 1.82) is 0 Å². The van der Waals surface area contributed by atoms with Crippen LogP contribution in [0.2, 0.25) is 0 Å². The lowest BCUT2D eigenvalue weighted by Crippen LogP contribution is -2.48. The maximum atomic E-state index is 11.9. The number of rotatable bonds is 4. The highest BCUT2D eigenvalue weighted by Crippen LogP contribution is 2.21. The van der Waals surface area contributed by atoms with Crippen molar-refractivity contribution in [3.05, 3.63) is 0 Å². The fraction of sp³-hybridized carbons (Fsp3) is 0.846. The number of aliphatic carboxylic acids is 1. The van der Waals surface area contributed by atoms with E-state index in [1.807, 2.05) is 0 Å². The second-order valence-electron chi connectivity index (χ2n) is 5.75. The Morgan fingerprint density at radius 1 is 1.28 bits per heavy atom. The Labute approximate surface area is 109 Å². The van der Waals surface area contributed by atoms with Gasteiger partial charge in [0.15, 0.2) is 0 Å². The number of carboxylic acids is 1. The molecule has 0 aromatic heterocycles. The van der Waals surface area contributed by atoms with E-state index in [0.29, 0.717) is 6.04 Å². The summed E-state index contributed by atoms with van der Waals surface area (Å²) in [4.78, 5) is 24.6. The average Bonchev–Trinajstić information content (AvgIpc) is 2.36. The summed E-state index contributed by atoms with van der Waals surface area (Å²) in [7, 11) is 1.79. The predicted molar refractivity (Wildman–Crippen MR) is 69.5 cm³/mol. The molecule has 2 amide bonds. The molecule has 18 heavy (non-hydrogen) atoms. The number of carboxylic acid groups (broad SMARTS) is 1. The Kier molecular flexibility index (Phi) is 4.99. The first-order chi connectivity index (χ1) is 8.34. The quantitative estimate of drug-likeness (QED) is 0.809. The summed E-state index contributed by atoms with van der Waals surface area (Å²) in [6.45, 7) is 3.37. The van der Waals surface area contributed by atoms with Crippen LogP contribution in [0.5, 0.6) is 0 Å². The van der Waals surface area contributed by atoms with Crippen LogP contribution in [0.1, 0.15) is 46.0 Å². The van der Waals surface area contributed by atoms with Crippen LogP contribution in [0.15, 0.2) is 0 Å². The summed E-state index contributed by atoms with van der Waals surface area (Å²) < 4.78 is 0. The molecule has 0 aliphatic heterocycles. The van der Waals surface area contributed by atoms with Crippen LogP contribution in [-0.2, 0) is 4.79 Å². The van der Waals surface area contributed by atoms with Crippen LogP contribution in [0.4, 0.5) is 4.79 Å². The van der Waals surface area contributed by atoms with Crippen molar-refractivity contribution in [2.45, 2.75) is 52.0 Å². The predicted octanol–water partition coefficient (Wildman–Crippen LogP) is 2.07. The second kappa shape index (κ2) is 6.07. The molecule has 1 aliphatic rings. The molecule has 0 spiro atoms. The third kappa shape index (κ3) is 3.89. The van der Waals surface area contributed by atoms with E-state index in [0.717, 1.165) is 12.8 Å². The molecule has 1 rings (SSSR count). The van der Waals surface area contributed by atoms with Gasteiger partial charge < -0.3 is 15.3 Å². The Morgan fingerprint density at radius 3 is 2.33 bits per heavy atom. The van der Waals surface area contributed by atoms with Gasteiger partial charge >= 0.3 is 12.0 Å². The molecule has 0 bridgehead atoms. The van der Waals surface area contributed by atoms with Crippen molar-refractivity contribution < 1.29 is 14.7 Å². The minimum atomic E-state index is -0.928. The van der Waals surface area contributed by atoms with Gasteiger partial charge in [0.1, 0.15) is 0 Å². The fourth-order valence-electron chi connectivity index (χ4n) is 2.13. The van der Waals surface area contributed by atoms with E-state index in [2.05, 4.69) is 5.32 Å². The molecule has 5 nitrogen and oxygen atoms in total. The summed E-state index contributed by atoms with van der Waals surface area (Å²) in [5.41, 5.74) is -0.928. The lowest BCUT2D eigenvalue weighted by Gasteiger charge is -2.32. The molecule has 104 valence electrons. The molecule has 0 aromatic carbocycles. The van der Waals surface area contributed by atoms with Crippen molar-refractivity contribution in [3.8, 4) is 0 Å². The van der Waals surface area contributed by atoms with Gasteiger partial charge in [0, 0.05) is 19.6 Å². The van der Waals surface area contributed by atoms with Crippen molar-refractivity contribution in [2.24, 2.45) is 5.41 Å². The molecular weight excluding hydrogens is 232 g/mol. The third-order valence-corrected chi connectivity index (χ3v) is 3.70. The van der Waals surface area contributed by atoms with E-state index < -0.39 is 11.4 Å². The smallest absolute Gasteiger partial charge is 0.317 e. The maximum absolute atomic E-state index is 11.9. The SMILES string of the molecule is CN(C(=O)NCC(C)(C)C(=O)O)C1CCCCC1. The molecule has 0 unspecified atom stereocenters. The van der Waals surface area contributed by atoms with Crippen molar-refractivity contribution in [3.63, 3.8) is 0 Å². The van der Waals surface area contributed by atoms with Gasteiger partial charge in [0.25, 0.3) is 0 Å². The standard InChI is InChI=1S/C13H24N2O3/c1-13(2,11(16)17)9-14-12(18)15(3)10-7-5-4-6-8-10/h10H,4-9H2,1-3H3,(H,14,18)(H,16,17). The van der Waals surface area contributed by atoms with Crippen molar-refractivity contribution in [1.82, 2.24) is 10.2 Å². The summed E-state index contributed by atoms with van der Waals surface area (Å²) in [6.07, 6.45) is 5.68. The summed E-state index contributed by atoms with van der Waals surface area (Å²) in [6, 6.07) is 0.128. The van der Waals surface area contributed by atoms with Crippen molar-refractivity contribution >= 4 is 12.0 Å². The van der Waals surface area contributed by atoms with E-state index in [1.165, 1.54) is 19.3 Å². The van der Waals surface area contributed by atoms with E-state index in [1.54, 1.807) is 25.8 Å². The molecule has 0 atom stereocenters. The molecular formula is C13H24N2O3. The highest BCUT2D eigenvalue weighted by Gasteiger charge is 2.29. The topological polar surface area (TPSA) is 69.6 Å². The molecule has 0 aromatic rings. The molecule has 2 N–H and O–H groups in total. The van der Waals surface area contributed by atoms with Gasteiger partial charge in [-0.1, -0.05) is 19.3 Å². The number of nitrogens with one attached hydrogen (secondary N) is 1. The first-order valence-corrected chi connectivity index (χ1v) is 6.58. The number of nitrogens with zero attached hydrogens (tertiary/aromatic N) is 1. The summed E-state index contributed by atoms with van der Waals surface area (Å²) in [5.74, 6) is -0.900. The van der Waals surface area contributed by atoms with E-state index in [9.17, 15) is 9.59 Å². The molecule has 0 heterocycles. The lowest BCUT2D eigenvalue weighted by molar-refractivity contribution is -0.146. The van der Waals surface area contributed by atoms with Crippen molar-refractivity contribution in [2.75, 3.05) is 13.6 Å². The van der Waals surface area contributed by atoms with Crippen LogP contribution in [0.25, 0.3) is 0 Å². The van der Waals surface area contributed by atoms with Gasteiger partial charge in [-0.25, -0.2) is 4.79 Å². The number of urea groups is 1. The molecule has 5 heteroatoms. The van der Waals surface area contributed by atoms with Crippen LogP contribution in [0, 0.1) is 5.41 Å². The van der Waals surface area contributed by atoms with E-state index in [4.69, 9.17) is 5.11 Å². The normalized spacial score (nSPS) is 17.3. The van der Waals surface area contributed by atoms with Gasteiger partial charge in [-0.2, -0.15) is 0 Å². The van der Waals surface area contributed by atoms with E-state index >= 15 is 0 Å². The summed E-state index contributed by atoms with van der Waals surface area (Å²) in [5, 5.41) is 11.7. The van der Waals surface area contributed by atoms with E-state index in [-0.39, 0.29) is 12.6 Å². The zero-order chi connectivity index (χ0) is 13.8. The highest BCUT2D eigenvalue weighted by atomic mass is 16.4. The number of carbonyl (C=O) groups excluding carboxylic acids is 1. The monoisotopic (exact) mass is 256 g/mol. The van der Waals surface area contributed by atoms with Crippen LogP contribution in [-0.4, -0.2) is 41.6 Å². The van der Waals surface area contributed by atoms with Gasteiger partial charge in [0.05, 0.1) is 5.41 Å². The van der Waals surface area contributed by atoms with Crippen LogP contribution in [0.3, 0.4) is 0 Å². The zero-order valence-electron chi connectivity index (χ0n) is 11.5. The molecule has 0 saturated heterocycles. The molecule has 0 radical (unpaired) electrons. The van der Waals surface area contributed by atoms with Gasteiger partial charge in [-0.3, -0.25) is 4.79 Å². The number of hydrogen-bond donors (Lipinski definition) is 2. The highest BCUT2D eigenvalue weighted by molar-refractivity contribution is 5.77. The largest absolute Gasteiger partial charge is 0.481 e. The number of amides is 2. The molecule has 1 saturated carbocycles. The third-order valence-electron chi connectivity index (χ3n) is 3.70. The number of hydrogen-bond acceptors (Lipinski definition) is 2. The Morgan fingerprint density at radius 2 is 1.83 bits per heavy atom. The molecule has 1 aliphatic carbocycles. The lowest BCUT2D eigenvalue weighted by atomic mass is 9.93. The van der Waals surface area contributed by atoms with Crippen LogP contribution < -0.4 is 5.32 Å².